The first kappa shape index (κ1) is 12.7. The van der Waals surface area contributed by atoms with Gasteiger partial charge in [0.05, 0.1) is 6.26 Å². The highest BCUT2D eigenvalue weighted by Crippen LogP contribution is 2.36. The summed E-state index contributed by atoms with van der Waals surface area (Å²) >= 11 is 0. The first-order chi connectivity index (χ1) is 9.61. The maximum absolute atomic E-state index is 10.9. The van der Waals surface area contributed by atoms with Crippen LogP contribution in [0.3, 0.4) is 0 Å². The van der Waals surface area contributed by atoms with E-state index < -0.39 is 0 Å². The number of fused-ring (bicyclic) bond motifs is 1. The van der Waals surface area contributed by atoms with Crippen LogP contribution in [-0.2, 0) is 0 Å². The Hall–Kier alpha value is -2.35. The minimum absolute atomic E-state index is 0.679. The number of rotatable bonds is 2. The zero-order chi connectivity index (χ0) is 14.3. The van der Waals surface area contributed by atoms with Crippen LogP contribution in [0.5, 0.6) is 0 Å². The third-order valence-electron chi connectivity index (χ3n) is 3.88. The Morgan fingerprint density at radius 3 is 2.60 bits per heavy atom. The predicted molar refractivity (Wildman–Crippen MR) is 81.2 cm³/mol. The minimum atomic E-state index is 0.679. The third-order valence-corrected chi connectivity index (χ3v) is 3.88. The number of aldehydes is 1. The normalized spacial score (nSPS) is 10.9. The standard InChI is InChI=1S/C18H16O2/c1-11-7-12(2)17-16(10-20-18(17)13(11)3)15-6-4-5-14(8-15)9-19/h4-10H,1-3H3. The molecule has 0 N–H and O–H groups in total. The zero-order valence-corrected chi connectivity index (χ0v) is 11.9. The van der Waals surface area contributed by atoms with Crippen molar-refractivity contribution in [1.82, 2.24) is 0 Å². The molecule has 20 heavy (non-hydrogen) atoms. The zero-order valence-electron chi connectivity index (χ0n) is 11.9. The number of carbonyl (C=O) groups is 1. The maximum atomic E-state index is 10.9. The number of benzene rings is 2. The molecule has 0 saturated carbocycles. The molecule has 2 nitrogen and oxygen atoms in total. The fraction of sp³-hybridized carbons (Fsp3) is 0.167. The topological polar surface area (TPSA) is 30.2 Å². The van der Waals surface area contributed by atoms with Crippen molar-refractivity contribution in [2.75, 3.05) is 0 Å². The number of hydrogen-bond acceptors (Lipinski definition) is 2. The Bertz CT molecular complexity index is 810. The lowest BCUT2D eigenvalue weighted by molar-refractivity contribution is 0.112. The molecule has 100 valence electrons. The van der Waals surface area contributed by atoms with Crippen molar-refractivity contribution in [3.8, 4) is 11.1 Å². The second-order valence-corrected chi connectivity index (χ2v) is 5.23. The van der Waals surface area contributed by atoms with Crippen LogP contribution in [0.2, 0.25) is 0 Å². The van der Waals surface area contributed by atoms with Crippen LogP contribution in [0.15, 0.2) is 41.0 Å². The molecule has 0 saturated heterocycles. The molecular weight excluding hydrogens is 248 g/mol. The first-order valence-electron chi connectivity index (χ1n) is 6.65. The van der Waals surface area contributed by atoms with Crippen molar-refractivity contribution in [2.45, 2.75) is 20.8 Å². The van der Waals surface area contributed by atoms with E-state index >= 15 is 0 Å². The summed E-state index contributed by atoms with van der Waals surface area (Å²) in [4.78, 5) is 10.9. The largest absolute Gasteiger partial charge is 0.463 e. The number of furan rings is 1. The fourth-order valence-corrected chi connectivity index (χ4v) is 2.70. The Labute approximate surface area is 118 Å². The van der Waals surface area contributed by atoms with E-state index in [0.29, 0.717) is 5.56 Å². The van der Waals surface area contributed by atoms with E-state index in [-0.39, 0.29) is 0 Å². The molecule has 0 amide bonds. The van der Waals surface area contributed by atoms with E-state index in [4.69, 9.17) is 4.42 Å². The Balaban J connectivity index is 2.32. The molecule has 0 aliphatic carbocycles. The number of hydrogen-bond donors (Lipinski definition) is 0. The third kappa shape index (κ3) is 1.85. The van der Waals surface area contributed by atoms with Gasteiger partial charge in [0.2, 0.25) is 0 Å². The van der Waals surface area contributed by atoms with Gasteiger partial charge in [0.25, 0.3) is 0 Å². The van der Waals surface area contributed by atoms with Crippen LogP contribution in [0.1, 0.15) is 27.0 Å². The summed E-state index contributed by atoms with van der Waals surface area (Å²) in [5, 5.41) is 1.14. The Morgan fingerprint density at radius 1 is 1.05 bits per heavy atom. The highest BCUT2D eigenvalue weighted by molar-refractivity contribution is 5.98. The van der Waals surface area contributed by atoms with Gasteiger partial charge >= 0.3 is 0 Å². The SMILES string of the molecule is Cc1cc(C)c2c(-c3cccc(C=O)c3)coc2c1C. The molecule has 0 fully saturated rings. The van der Waals surface area contributed by atoms with Crippen molar-refractivity contribution in [1.29, 1.82) is 0 Å². The maximum Gasteiger partial charge on any atom is 0.150 e. The van der Waals surface area contributed by atoms with Crippen molar-refractivity contribution >= 4 is 17.3 Å². The second kappa shape index (κ2) is 4.64. The van der Waals surface area contributed by atoms with Gasteiger partial charge < -0.3 is 4.42 Å². The molecule has 0 atom stereocenters. The van der Waals surface area contributed by atoms with E-state index in [1.54, 1.807) is 12.3 Å². The van der Waals surface area contributed by atoms with Gasteiger partial charge in [0.1, 0.15) is 11.9 Å². The summed E-state index contributed by atoms with van der Waals surface area (Å²) in [7, 11) is 0. The summed E-state index contributed by atoms with van der Waals surface area (Å²) in [5.74, 6) is 0. The average molecular weight is 264 g/mol. The van der Waals surface area contributed by atoms with E-state index in [0.717, 1.165) is 28.4 Å². The van der Waals surface area contributed by atoms with Crippen LogP contribution in [0.4, 0.5) is 0 Å². The van der Waals surface area contributed by atoms with Gasteiger partial charge in [0, 0.05) is 16.5 Å². The molecule has 0 unspecified atom stereocenters. The Kier molecular flexibility index (Phi) is 2.94. The lowest BCUT2D eigenvalue weighted by Crippen LogP contribution is -1.87. The molecule has 0 bridgehead atoms. The van der Waals surface area contributed by atoms with Gasteiger partial charge in [0.15, 0.2) is 0 Å². The lowest BCUT2D eigenvalue weighted by atomic mass is 9.96. The lowest BCUT2D eigenvalue weighted by Gasteiger charge is -2.06. The average Bonchev–Trinajstić information content (AvgIpc) is 2.90. The van der Waals surface area contributed by atoms with E-state index in [9.17, 15) is 4.79 Å². The quantitative estimate of drug-likeness (QED) is 0.620. The summed E-state index contributed by atoms with van der Waals surface area (Å²) in [6, 6.07) is 9.79. The van der Waals surface area contributed by atoms with Crippen molar-refractivity contribution in [2.24, 2.45) is 0 Å². The highest BCUT2D eigenvalue weighted by atomic mass is 16.3. The molecule has 3 aromatic rings. The minimum Gasteiger partial charge on any atom is -0.463 e. The summed E-state index contributed by atoms with van der Waals surface area (Å²) in [6.45, 7) is 6.26. The van der Waals surface area contributed by atoms with Crippen LogP contribution in [0, 0.1) is 20.8 Å². The molecule has 0 aliphatic rings. The van der Waals surface area contributed by atoms with Gasteiger partial charge in [-0.15, -0.1) is 0 Å². The molecule has 0 radical (unpaired) electrons. The smallest absolute Gasteiger partial charge is 0.150 e. The van der Waals surface area contributed by atoms with Crippen molar-refractivity contribution in [3.05, 3.63) is 58.8 Å². The molecule has 2 heteroatoms. The van der Waals surface area contributed by atoms with Gasteiger partial charge in [-0.25, -0.2) is 0 Å². The Morgan fingerprint density at radius 2 is 1.85 bits per heavy atom. The highest BCUT2D eigenvalue weighted by Gasteiger charge is 2.14. The molecule has 0 spiro atoms. The monoisotopic (exact) mass is 264 g/mol. The van der Waals surface area contributed by atoms with Crippen molar-refractivity contribution in [3.63, 3.8) is 0 Å². The van der Waals surface area contributed by atoms with Crippen LogP contribution in [-0.4, -0.2) is 6.29 Å². The van der Waals surface area contributed by atoms with E-state index in [1.165, 1.54) is 16.7 Å². The van der Waals surface area contributed by atoms with Gasteiger partial charge in [-0.2, -0.15) is 0 Å². The van der Waals surface area contributed by atoms with Gasteiger partial charge in [-0.3, -0.25) is 4.79 Å². The second-order valence-electron chi connectivity index (χ2n) is 5.23. The fourth-order valence-electron chi connectivity index (χ4n) is 2.70. The van der Waals surface area contributed by atoms with Crippen LogP contribution >= 0.6 is 0 Å². The molecule has 0 aliphatic heterocycles. The van der Waals surface area contributed by atoms with E-state index in [1.807, 2.05) is 18.2 Å². The first-order valence-corrected chi connectivity index (χ1v) is 6.65. The number of aryl methyl sites for hydroxylation is 3. The van der Waals surface area contributed by atoms with Gasteiger partial charge in [-0.1, -0.05) is 24.3 Å². The molecular formula is C18H16O2. The van der Waals surface area contributed by atoms with Crippen LogP contribution < -0.4 is 0 Å². The summed E-state index contributed by atoms with van der Waals surface area (Å²) in [6.07, 6.45) is 2.65. The summed E-state index contributed by atoms with van der Waals surface area (Å²) in [5.41, 5.74) is 7.28. The molecule has 2 aromatic carbocycles. The molecule has 1 aromatic heterocycles. The van der Waals surface area contributed by atoms with Crippen LogP contribution in [0.25, 0.3) is 22.1 Å². The van der Waals surface area contributed by atoms with Gasteiger partial charge in [-0.05, 0) is 49.1 Å². The molecule has 3 rings (SSSR count). The molecule has 1 heterocycles. The number of carbonyl (C=O) groups excluding carboxylic acids is 1. The summed E-state index contributed by atoms with van der Waals surface area (Å²) < 4.78 is 5.78. The van der Waals surface area contributed by atoms with Crippen molar-refractivity contribution < 1.29 is 9.21 Å². The predicted octanol–water partition coefficient (Wildman–Crippen LogP) is 4.84. The van der Waals surface area contributed by atoms with E-state index in [2.05, 4.69) is 26.8 Å².